The number of amides is 4. The number of fused-ring (bicyclic) bond motifs is 2. The second-order valence-corrected chi connectivity index (χ2v) is 15.7. The number of rotatable bonds is 5. The maximum atomic E-state index is 13.5. The molecule has 10 heteroatoms. The van der Waals surface area contributed by atoms with Gasteiger partial charge in [0, 0.05) is 35.0 Å². The van der Waals surface area contributed by atoms with Gasteiger partial charge in [-0.1, -0.05) is 72.2 Å². The maximum absolute atomic E-state index is 13.5. The minimum absolute atomic E-state index is 0.0895. The maximum Gasteiger partial charge on any atom is 0.245 e. The molecule has 0 aliphatic carbocycles. The van der Waals surface area contributed by atoms with Gasteiger partial charge in [0.15, 0.2) is 0 Å². The van der Waals surface area contributed by atoms with E-state index in [0.29, 0.717) is 25.3 Å². The summed E-state index contributed by atoms with van der Waals surface area (Å²) in [5.74, 6) is 1.31. The van der Waals surface area contributed by atoms with Crippen LogP contribution in [-0.2, 0) is 30.7 Å². The zero-order valence-corrected chi connectivity index (χ0v) is 28.4. The van der Waals surface area contributed by atoms with Gasteiger partial charge in [0.2, 0.25) is 23.6 Å². The Morgan fingerprint density at radius 1 is 0.952 bits per heavy atom. The molecule has 2 bridgehead atoms. The number of carbonyl (C=O) groups excluding carboxylic acids is 4. The Bertz CT molecular complexity index is 1080. The molecule has 0 saturated carbocycles. The Hall–Kier alpha value is -2.20. The number of nitrogens with one attached hydrogen (secondary N) is 4. The molecule has 0 unspecified atom stereocenters. The number of hydrogen-bond acceptors (Lipinski definition) is 6. The predicted octanol–water partition coefficient (Wildman–Crippen LogP) is 4.80. The van der Waals surface area contributed by atoms with E-state index in [1.807, 2.05) is 27.7 Å². The van der Waals surface area contributed by atoms with Crippen molar-refractivity contribution in [2.45, 2.75) is 115 Å². The number of carbonyl (C=O) groups is 4. The second-order valence-electron chi connectivity index (χ2n) is 12.9. The highest BCUT2D eigenvalue weighted by Crippen LogP contribution is 2.32. The van der Waals surface area contributed by atoms with E-state index in [2.05, 4.69) is 59.4 Å². The van der Waals surface area contributed by atoms with Crippen LogP contribution < -0.4 is 21.3 Å². The second kappa shape index (κ2) is 16.6. The molecule has 4 N–H and O–H groups in total. The normalized spacial score (nSPS) is 23.8. The van der Waals surface area contributed by atoms with Crippen LogP contribution in [0.5, 0.6) is 0 Å². The van der Waals surface area contributed by atoms with Crippen molar-refractivity contribution >= 4 is 47.2 Å². The molecule has 4 amide bonds. The Balaban J connectivity index is 2.33. The summed E-state index contributed by atoms with van der Waals surface area (Å²) < 4.78 is -0.346. The van der Waals surface area contributed by atoms with Crippen LogP contribution in [0.25, 0.3) is 0 Å². The largest absolute Gasteiger partial charge is 0.353 e. The molecule has 8 nitrogen and oxygen atoms in total. The van der Waals surface area contributed by atoms with Crippen molar-refractivity contribution in [1.29, 1.82) is 0 Å². The highest BCUT2D eigenvalue weighted by molar-refractivity contribution is 7.99. The van der Waals surface area contributed by atoms with Crippen molar-refractivity contribution in [3.63, 3.8) is 0 Å². The lowest BCUT2D eigenvalue weighted by molar-refractivity contribution is -0.136. The van der Waals surface area contributed by atoms with E-state index in [4.69, 9.17) is 0 Å². The van der Waals surface area contributed by atoms with E-state index in [-0.39, 0.29) is 34.8 Å². The van der Waals surface area contributed by atoms with Crippen molar-refractivity contribution in [2.75, 3.05) is 12.3 Å². The minimum Gasteiger partial charge on any atom is -0.353 e. The molecular weight excluding hydrogens is 569 g/mol. The fourth-order valence-corrected chi connectivity index (χ4v) is 6.36. The summed E-state index contributed by atoms with van der Waals surface area (Å²) in [5.41, 5.74) is 1.18. The highest BCUT2D eigenvalue weighted by atomic mass is 32.2. The van der Waals surface area contributed by atoms with Gasteiger partial charge < -0.3 is 21.3 Å². The van der Waals surface area contributed by atoms with Crippen LogP contribution in [0.15, 0.2) is 24.3 Å². The van der Waals surface area contributed by atoms with Gasteiger partial charge in [-0.15, -0.1) is 0 Å². The molecule has 2 rings (SSSR count). The van der Waals surface area contributed by atoms with Crippen molar-refractivity contribution in [3.8, 4) is 0 Å². The first kappa shape index (κ1) is 36.0. The predicted molar refractivity (Wildman–Crippen MR) is 175 cm³/mol. The van der Waals surface area contributed by atoms with E-state index in [1.54, 1.807) is 37.4 Å². The summed E-state index contributed by atoms with van der Waals surface area (Å²) >= 11 is 3.45. The van der Waals surface area contributed by atoms with Gasteiger partial charge in [-0.25, -0.2) is 0 Å². The third-order valence-electron chi connectivity index (χ3n) is 7.49. The Kier molecular flexibility index (Phi) is 14.2. The molecule has 236 valence electrons. The summed E-state index contributed by atoms with van der Waals surface area (Å²) in [6.07, 6.45) is 2.09. The molecule has 1 aromatic carbocycles. The molecule has 1 aliphatic heterocycles. The first-order valence-electron chi connectivity index (χ1n) is 15.1. The molecular formula is C32H52N4O4S2. The van der Waals surface area contributed by atoms with E-state index in [0.717, 1.165) is 23.7 Å². The molecule has 3 atom stereocenters. The van der Waals surface area contributed by atoms with Crippen molar-refractivity contribution < 1.29 is 19.2 Å². The van der Waals surface area contributed by atoms with Gasteiger partial charge in [0.1, 0.15) is 17.6 Å². The van der Waals surface area contributed by atoms with Crippen LogP contribution in [0.2, 0.25) is 0 Å². The minimum atomic E-state index is -1.23. The van der Waals surface area contributed by atoms with E-state index in [1.165, 1.54) is 11.1 Å². The quantitative estimate of drug-likeness (QED) is 0.376. The standard InChI is InChI=1S/C32H52N4O4S2/c1-9-22(4)27-29(39)33-15-16-41-19-23-11-10-12-24(17-23)20-42-31(5,6)18-26(37)36-32(7,8)30(40)34-25(28(38)35-27)14-13-21(2)3/h10-12,17,21-22,25,27H,9,13-16,18-20H2,1-8H3,(H,33,39)(H,34,40)(H,35,38)(H,36,37)/t22-,25-,27-/m0/s1. The summed E-state index contributed by atoms with van der Waals surface area (Å²) in [7, 11) is 0. The van der Waals surface area contributed by atoms with Gasteiger partial charge in [-0.05, 0) is 49.7 Å². The van der Waals surface area contributed by atoms with Crippen LogP contribution in [0.4, 0.5) is 0 Å². The van der Waals surface area contributed by atoms with E-state index < -0.39 is 23.5 Å². The summed E-state index contributed by atoms with van der Waals surface area (Å²) in [4.78, 5) is 53.3. The van der Waals surface area contributed by atoms with Gasteiger partial charge in [0.25, 0.3) is 0 Å². The Morgan fingerprint density at radius 2 is 1.62 bits per heavy atom. The molecule has 0 radical (unpaired) electrons. The third kappa shape index (κ3) is 12.2. The Morgan fingerprint density at radius 3 is 2.26 bits per heavy atom. The molecule has 0 aromatic heterocycles. The zero-order valence-electron chi connectivity index (χ0n) is 26.7. The van der Waals surface area contributed by atoms with Crippen LogP contribution in [0.3, 0.4) is 0 Å². The van der Waals surface area contributed by atoms with Crippen LogP contribution in [-0.4, -0.2) is 58.3 Å². The Labute approximate surface area is 261 Å². The van der Waals surface area contributed by atoms with Crippen LogP contribution in [0.1, 0.15) is 92.2 Å². The lowest BCUT2D eigenvalue weighted by Gasteiger charge is -2.31. The molecule has 1 aliphatic rings. The zero-order chi connectivity index (χ0) is 31.5. The van der Waals surface area contributed by atoms with Gasteiger partial charge in [-0.2, -0.15) is 23.5 Å². The fraction of sp³-hybridized carbons (Fsp3) is 0.688. The topological polar surface area (TPSA) is 116 Å². The number of hydrogen-bond donors (Lipinski definition) is 4. The molecule has 0 fully saturated rings. The summed E-state index contributed by atoms with van der Waals surface area (Å²) in [6, 6.07) is 6.91. The van der Waals surface area contributed by atoms with Gasteiger partial charge in [0.05, 0.1) is 0 Å². The smallest absolute Gasteiger partial charge is 0.245 e. The fourth-order valence-electron chi connectivity index (χ4n) is 4.58. The average Bonchev–Trinajstić information content (AvgIpc) is 2.90. The van der Waals surface area contributed by atoms with E-state index >= 15 is 0 Å². The van der Waals surface area contributed by atoms with Gasteiger partial charge in [-0.3, -0.25) is 19.2 Å². The molecule has 1 aromatic rings. The summed E-state index contributed by atoms with van der Waals surface area (Å²) in [6.45, 7) is 15.9. The molecule has 1 heterocycles. The monoisotopic (exact) mass is 620 g/mol. The van der Waals surface area contributed by atoms with Crippen molar-refractivity contribution in [1.82, 2.24) is 21.3 Å². The SMILES string of the molecule is CC[C@H](C)[C@@H]1NC(=O)[C@H](CCC(C)C)NC(=O)C(C)(C)NC(=O)CC(C)(C)SCc2cccc(c2)CSCCNC1=O. The lowest BCUT2D eigenvalue weighted by Crippen LogP contribution is -2.61. The first-order valence-corrected chi connectivity index (χ1v) is 17.3. The van der Waals surface area contributed by atoms with Crippen molar-refractivity contribution in [3.05, 3.63) is 35.4 Å². The first-order chi connectivity index (χ1) is 19.6. The lowest BCUT2D eigenvalue weighted by atomic mass is 9.96. The van der Waals surface area contributed by atoms with Crippen molar-refractivity contribution in [2.24, 2.45) is 11.8 Å². The third-order valence-corrected chi connectivity index (χ3v) is 9.92. The molecule has 0 saturated heterocycles. The average molecular weight is 621 g/mol. The van der Waals surface area contributed by atoms with Gasteiger partial charge >= 0.3 is 0 Å². The van der Waals surface area contributed by atoms with Crippen LogP contribution in [0, 0.1) is 11.8 Å². The number of thioether (sulfide) groups is 2. The highest BCUT2D eigenvalue weighted by Gasteiger charge is 2.36. The van der Waals surface area contributed by atoms with E-state index in [9.17, 15) is 19.2 Å². The summed E-state index contributed by atoms with van der Waals surface area (Å²) in [5, 5.41) is 11.7. The van der Waals surface area contributed by atoms with Crippen LogP contribution >= 0.6 is 23.5 Å². The molecule has 42 heavy (non-hydrogen) atoms. The number of benzene rings is 1. The molecule has 0 spiro atoms.